The highest BCUT2D eigenvalue weighted by Gasteiger charge is 2.19. The summed E-state index contributed by atoms with van der Waals surface area (Å²) in [5, 5.41) is 8.05. The van der Waals surface area contributed by atoms with Crippen molar-refractivity contribution in [1.29, 1.82) is 0 Å². The van der Waals surface area contributed by atoms with Crippen molar-refractivity contribution in [2.24, 2.45) is 0 Å². The number of thiazole rings is 1. The molecule has 2 N–H and O–H groups in total. The first kappa shape index (κ1) is 18.1. The fourth-order valence-electron chi connectivity index (χ4n) is 2.41. The van der Waals surface area contributed by atoms with E-state index in [4.69, 9.17) is 4.42 Å². The Morgan fingerprint density at radius 3 is 2.64 bits per heavy atom. The number of carbonyl (C=O) groups excluding carboxylic acids is 2. The Bertz CT molecular complexity index is 1120. The summed E-state index contributed by atoms with van der Waals surface area (Å²) in [7, 11) is 0. The summed E-state index contributed by atoms with van der Waals surface area (Å²) in [5.41, 5.74) is 0.712. The van der Waals surface area contributed by atoms with E-state index in [1.165, 1.54) is 35.8 Å². The molecule has 3 aromatic heterocycles. The van der Waals surface area contributed by atoms with Crippen molar-refractivity contribution in [1.82, 2.24) is 4.98 Å². The van der Waals surface area contributed by atoms with Crippen LogP contribution in [0.1, 0.15) is 20.9 Å². The highest BCUT2D eigenvalue weighted by atomic mass is 32.1. The molecule has 28 heavy (non-hydrogen) atoms. The first-order valence-corrected chi connectivity index (χ1v) is 9.76. The first-order valence-electron chi connectivity index (χ1n) is 8.06. The lowest BCUT2D eigenvalue weighted by Gasteiger charge is -2.01. The monoisotopic (exact) mass is 413 g/mol. The standard InChI is InChI=1S/C19H12FN3O3S2/c20-12-5-1-4-11(10-12)16(24)23-19-21-15(14-7-3-9-27-14)18(28-19)22-17(25)13-6-2-8-26-13/h1-10H,(H,22,25)(H,21,23,24). The number of amides is 2. The minimum absolute atomic E-state index is 0.163. The second kappa shape index (κ2) is 7.75. The molecule has 3 heterocycles. The average molecular weight is 413 g/mol. The Labute approximate surface area is 166 Å². The number of halogens is 1. The van der Waals surface area contributed by atoms with Crippen molar-refractivity contribution in [3.63, 3.8) is 0 Å². The van der Waals surface area contributed by atoms with Gasteiger partial charge in [0.2, 0.25) is 0 Å². The zero-order valence-corrected chi connectivity index (χ0v) is 15.8. The van der Waals surface area contributed by atoms with Gasteiger partial charge in [0, 0.05) is 5.56 Å². The van der Waals surface area contributed by atoms with Gasteiger partial charge < -0.3 is 9.73 Å². The predicted octanol–water partition coefficient (Wildman–Crippen LogP) is 5.11. The molecule has 9 heteroatoms. The van der Waals surface area contributed by atoms with Crippen LogP contribution < -0.4 is 10.6 Å². The first-order chi connectivity index (χ1) is 13.6. The van der Waals surface area contributed by atoms with E-state index in [0.29, 0.717) is 10.7 Å². The maximum Gasteiger partial charge on any atom is 0.292 e. The predicted molar refractivity (Wildman–Crippen MR) is 106 cm³/mol. The number of aromatic nitrogens is 1. The highest BCUT2D eigenvalue weighted by Crippen LogP contribution is 2.38. The largest absolute Gasteiger partial charge is 0.459 e. The van der Waals surface area contributed by atoms with E-state index >= 15 is 0 Å². The topological polar surface area (TPSA) is 84.2 Å². The molecule has 140 valence electrons. The lowest BCUT2D eigenvalue weighted by molar-refractivity contribution is 0.0995. The number of nitrogens with one attached hydrogen (secondary N) is 2. The maximum atomic E-state index is 13.4. The Morgan fingerprint density at radius 1 is 1.04 bits per heavy atom. The van der Waals surface area contributed by atoms with Crippen LogP contribution >= 0.6 is 22.7 Å². The van der Waals surface area contributed by atoms with E-state index in [9.17, 15) is 14.0 Å². The molecule has 0 saturated carbocycles. The zero-order valence-electron chi connectivity index (χ0n) is 14.1. The van der Waals surface area contributed by atoms with Crippen LogP contribution in [0.5, 0.6) is 0 Å². The van der Waals surface area contributed by atoms with Crippen LogP contribution in [-0.4, -0.2) is 16.8 Å². The molecule has 2 amide bonds. The fraction of sp³-hybridized carbons (Fsp3) is 0. The molecule has 0 aliphatic heterocycles. The molecule has 0 saturated heterocycles. The van der Waals surface area contributed by atoms with Crippen LogP contribution in [0.25, 0.3) is 10.6 Å². The van der Waals surface area contributed by atoms with Crippen LogP contribution in [0.3, 0.4) is 0 Å². The van der Waals surface area contributed by atoms with Gasteiger partial charge in [-0.3, -0.25) is 14.9 Å². The minimum Gasteiger partial charge on any atom is -0.459 e. The summed E-state index contributed by atoms with van der Waals surface area (Å²) in [6.45, 7) is 0. The number of furan rings is 1. The van der Waals surface area contributed by atoms with Gasteiger partial charge in [0.05, 0.1) is 11.1 Å². The van der Waals surface area contributed by atoms with Crippen LogP contribution in [0.15, 0.2) is 64.6 Å². The molecule has 0 fully saturated rings. The number of rotatable bonds is 5. The van der Waals surface area contributed by atoms with Gasteiger partial charge in [0.25, 0.3) is 11.8 Å². The molecule has 0 radical (unpaired) electrons. The Kier molecular flexibility index (Phi) is 5.00. The molecule has 0 aliphatic carbocycles. The second-order valence-corrected chi connectivity index (χ2v) is 7.52. The van der Waals surface area contributed by atoms with E-state index in [1.807, 2.05) is 17.5 Å². The quantitative estimate of drug-likeness (QED) is 0.476. The third-order valence-electron chi connectivity index (χ3n) is 3.66. The van der Waals surface area contributed by atoms with Gasteiger partial charge in [-0.1, -0.05) is 23.5 Å². The van der Waals surface area contributed by atoms with Gasteiger partial charge in [0.15, 0.2) is 10.9 Å². The van der Waals surface area contributed by atoms with Crippen LogP contribution in [0, 0.1) is 5.82 Å². The van der Waals surface area contributed by atoms with Crippen molar-refractivity contribution in [2.45, 2.75) is 0 Å². The zero-order chi connectivity index (χ0) is 19.5. The summed E-state index contributed by atoms with van der Waals surface area (Å²) >= 11 is 2.56. The van der Waals surface area contributed by atoms with Gasteiger partial charge in [-0.25, -0.2) is 9.37 Å². The normalized spacial score (nSPS) is 10.6. The second-order valence-electron chi connectivity index (χ2n) is 5.57. The van der Waals surface area contributed by atoms with Crippen LogP contribution in [-0.2, 0) is 0 Å². The third-order valence-corrected chi connectivity index (χ3v) is 5.42. The summed E-state index contributed by atoms with van der Waals surface area (Å²) in [5.74, 6) is -1.25. The fourth-order valence-corrected chi connectivity index (χ4v) is 4.06. The van der Waals surface area contributed by atoms with Crippen molar-refractivity contribution in [3.05, 3.63) is 77.3 Å². The number of hydrogen-bond donors (Lipinski definition) is 2. The minimum atomic E-state index is -0.502. The van der Waals surface area contributed by atoms with Crippen LogP contribution in [0.4, 0.5) is 14.5 Å². The van der Waals surface area contributed by atoms with E-state index in [1.54, 1.807) is 12.1 Å². The molecular formula is C19H12FN3O3S2. The highest BCUT2D eigenvalue weighted by molar-refractivity contribution is 7.21. The smallest absolute Gasteiger partial charge is 0.292 e. The van der Waals surface area contributed by atoms with E-state index in [-0.39, 0.29) is 16.5 Å². The van der Waals surface area contributed by atoms with Crippen molar-refractivity contribution in [2.75, 3.05) is 10.6 Å². The number of anilines is 2. The van der Waals surface area contributed by atoms with E-state index < -0.39 is 17.6 Å². The number of carbonyl (C=O) groups is 2. The van der Waals surface area contributed by atoms with Gasteiger partial charge >= 0.3 is 0 Å². The summed E-state index contributed by atoms with van der Waals surface area (Å²) in [4.78, 5) is 30.0. The molecule has 0 aliphatic rings. The molecule has 0 atom stereocenters. The van der Waals surface area contributed by atoms with Crippen molar-refractivity contribution >= 4 is 44.6 Å². The third kappa shape index (κ3) is 3.85. The SMILES string of the molecule is O=C(Nc1nc(-c2cccs2)c(NC(=O)c2ccco2)s1)c1cccc(F)c1. The molecule has 0 unspecified atom stereocenters. The number of benzene rings is 1. The number of hydrogen-bond acceptors (Lipinski definition) is 6. The Morgan fingerprint density at radius 2 is 1.93 bits per heavy atom. The van der Waals surface area contributed by atoms with Crippen molar-refractivity contribution < 1.29 is 18.4 Å². The molecule has 1 aromatic carbocycles. The van der Waals surface area contributed by atoms with Gasteiger partial charge in [-0.2, -0.15) is 0 Å². The number of nitrogens with zero attached hydrogens (tertiary/aromatic N) is 1. The molecule has 4 aromatic rings. The molecule has 6 nitrogen and oxygen atoms in total. The molecular weight excluding hydrogens is 401 g/mol. The average Bonchev–Trinajstić information content (AvgIpc) is 3.43. The lowest BCUT2D eigenvalue weighted by atomic mass is 10.2. The van der Waals surface area contributed by atoms with Gasteiger partial charge in [0.1, 0.15) is 16.5 Å². The summed E-state index contributed by atoms with van der Waals surface area (Å²) in [6, 6.07) is 12.3. The van der Waals surface area contributed by atoms with E-state index in [0.717, 1.165) is 22.3 Å². The summed E-state index contributed by atoms with van der Waals surface area (Å²) in [6.07, 6.45) is 1.41. The number of thiophene rings is 1. The molecule has 4 rings (SSSR count). The molecule has 0 spiro atoms. The van der Waals surface area contributed by atoms with Gasteiger partial charge in [-0.05, 0) is 41.8 Å². The summed E-state index contributed by atoms with van der Waals surface area (Å²) < 4.78 is 18.5. The van der Waals surface area contributed by atoms with E-state index in [2.05, 4.69) is 15.6 Å². The van der Waals surface area contributed by atoms with Gasteiger partial charge in [-0.15, -0.1) is 11.3 Å². The Balaban J connectivity index is 1.62. The Hall–Kier alpha value is -3.30. The lowest BCUT2D eigenvalue weighted by Crippen LogP contribution is -2.11. The molecule has 0 bridgehead atoms. The van der Waals surface area contributed by atoms with Crippen molar-refractivity contribution in [3.8, 4) is 10.6 Å². The maximum absolute atomic E-state index is 13.4. The van der Waals surface area contributed by atoms with Crippen LogP contribution in [0.2, 0.25) is 0 Å².